The number of amides is 1. The van der Waals surface area contributed by atoms with Gasteiger partial charge >= 0.3 is 0 Å². The van der Waals surface area contributed by atoms with E-state index in [-0.39, 0.29) is 5.91 Å². The van der Waals surface area contributed by atoms with Crippen molar-refractivity contribution >= 4 is 5.91 Å². The monoisotopic (exact) mass is 226 g/mol. The van der Waals surface area contributed by atoms with Gasteiger partial charge in [-0.05, 0) is 39.7 Å². The van der Waals surface area contributed by atoms with Crippen molar-refractivity contribution in [3.8, 4) is 0 Å². The van der Waals surface area contributed by atoms with Crippen molar-refractivity contribution in [2.45, 2.75) is 44.2 Å². The molecule has 1 amide bonds. The lowest BCUT2D eigenvalue weighted by Crippen LogP contribution is -2.50. The topological polar surface area (TPSA) is 41.6 Å². The van der Waals surface area contributed by atoms with E-state index in [2.05, 4.69) is 5.32 Å². The first kappa shape index (κ1) is 11.9. The van der Waals surface area contributed by atoms with Crippen LogP contribution in [0.15, 0.2) is 0 Å². The Labute approximate surface area is 97.3 Å². The van der Waals surface area contributed by atoms with Gasteiger partial charge in [-0.25, -0.2) is 0 Å². The summed E-state index contributed by atoms with van der Waals surface area (Å²) in [7, 11) is 1.94. The van der Waals surface area contributed by atoms with Gasteiger partial charge in [-0.1, -0.05) is 0 Å². The number of nitrogens with one attached hydrogen (secondary N) is 1. The van der Waals surface area contributed by atoms with Gasteiger partial charge in [-0.2, -0.15) is 0 Å². The minimum atomic E-state index is -0.545. The summed E-state index contributed by atoms with van der Waals surface area (Å²) < 4.78 is 5.63. The third-order valence-corrected chi connectivity index (χ3v) is 3.75. The second kappa shape index (κ2) is 4.72. The van der Waals surface area contributed by atoms with E-state index in [4.69, 9.17) is 4.74 Å². The zero-order valence-corrected chi connectivity index (χ0v) is 10.3. The summed E-state index contributed by atoms with van der Waals surface area (Å²) in [5.41, 5.74) is -0.545. The van der Waals surface area contributed by atoms with Crippen molar-refractivity contribution < 1.29 is 9.53 Å². The summed E-state index contributed by atoms with van der Waals surface area (Å²) in [4.78, 5) is 14.4. The van der Waals surface area contributed by atoms with Crippen LogP contribution >= 0.6 is 0 Å². The molecule has 1 N–H and O–H groups in total. The van der Waals surface area contributed by atoms with Crippen LogP contribution in [0.2, 0.25) is 0 Å². The summed E-state index contributed by atoms with van der Waals surface area (Å²) >= 11 is 0. The molecule has 4 heteroatoms. The predicted octanol–water partition coefficient (Wildman–Crippen LogP) is 0.766. The van der Waals surface area contributed by atoms with Gasteiger partial charge in [-0.15, -0.1) is 0 Å². The molecule has 2 atom stereocenters. The molecule has 0 radical (unpaired) electrons. The fourth-order valence-electron chi connectivity index (χ4n) is 2.80. The van der Waals surface area contributed by atoms with Crippen molar-refractivity contribution in [1.29, 1.82) is 0 Å². The number of nitrogens with zero attached hydrogens (tertiary/aromatic N) is 1. The molecule has 0 aromatic carbocycles. The third-order valence-electron chi connectivity index (χ3n) is 3.75. The van der Waals surface area contributed by atoms with Crippen molar-refractivity contribution in [2.24, 2.45) is 0 Å². The van der Waals surface area contributed by atoms with Crippen LogP contribution in [-0.2, 0) is 9.53 Å². The molecule has 0 bridgehead atoms. The predicted molar refractivity (Wildman–Crippen MR) is 62.3 cm³/mol. The average molecular weight is 226 g/mol. The molecular weight excluding hydrogens is 204 g/mol. The molecule has 2 unspecified atom stereocenters. The molecule has 0 aromatic rings. The molecule has 2 heterocycles. The Hall–Kier alpha value is -0.610. The molecule has 0 spiro atoms. The summed E-state index contributed by atoms with van der Waals surface area (Å²) in [6, 6.07) is 0.360. The van der Waals surface area contributed by atoms with Crippen LogP contribution < -0.4 is 5.32 Å². The van der Waals surface area contributed by atoms with Gasteiger partial charge in [0.2, 0.25) is 0 Å². The Morgan fingerprint density at radius 1 is 1.56 bits per heavy atom. The van der Waals surface area contributed by atoms with Gasteiger partial charge in [-0.3, -0.25) is 4.79 Å². The van der Waals surface area contributed by atoms with Gasteiger partial charge in [0.15, 0.2) is 0 Å². The molecule has 0 aliphatic carbocycles. The lowest BCUT2D eigenvalue weighted by molar-refractivity contribution is -0.151. The fourth-order valence-corrected chi connectivity index (χ4v) is 2.80. The standard InChI is InChI=1S/C12H22N2O2/c1-12(6-4-8-16-12)11(15)14-7-3-5-10(14)9-13-2/h10,13H,3-9H2,1-2H3. The molecular formula is C12H22N2O2. The van der Waals surface area contributed by atoms with Gasteiger partial charge in [0, 0.05) is 25.7 Å². The highest BCUT2D eigenvalue weighted by atomic mass is 16.5. The van der Waals surface area contributed by atoms with Gasteiger partial charge < -0.3 is 15.0 Å². The first-order valence-electron chi connectivity index (χ1n) is 6.27. The second-order valence-electron chi connectivity index (χ2n) is 5.04. The Morgan fingerprint density at radius 3 is 3.00 bits per heavy atom. The Morgan fingerprint density at radius 2 is 2.38 bits per heavy atom. The van der Waals surface area contributed by atoms with Crippen LogP contribution in [0.3, 0.4) is 0 Å². The highest BCUT2D eigenvalue weighted by molar-refractivity contribution is 5.85. The fraction of sp³-hybridized carbons (Fsp3) is 0.917. The Balaban J connectivity index is 2.02. The van der Waals surface area contributed by atoms with Crippen molar-refractivity contribution in [3.05, 3.63) is 0 Å². The molecule has 0 saturated carbocycles. The second-order valence-corrected chi connectivity index (χ2v) is 5.04. The maximum atomic E-state index is 12.4. The number of carbonyl (C=O) groups is 1. The molecule has 0 aromatic heterocycles. The number of likely N-dealkylation sites (tertiary alicyclic amines) is 1. The minimum Gasteiger partial charge on any atom is -0.365 e. The maximum Gasteiger partial charge on any atom is 0.254 e. The van der Waals surface area contributed by atoms with E-state index in [1.54, 1.807) is 0 Å². The lowest BCUT2D eigenvalue weighted by Gasteiger charge is -2.32. The van der Waals surface area contributed by atoms with Gasteiger partial charge in [0.1, 0.15) is 5.60 Å². The van der Waals surface area contributed by atoms with E-state index in [9.17, 15) is 4.79 Å². The average Bonchev–Trinajstić information content (AvgIpc) is 2.88. The molecule has 16 heavy (non-hydrogen) atoms. The van der Waals surface area contributed by atoms with E-state index in [1.165, 1.54) is 0 Å². The quantitative estimate of drug-likeness (QED) is 0.772. The third kappa shape index (κ3) is 2.09. The Bertz CT molecular complexity index is 262. The van der Waals surface area contributed by atoms with Crippen molar-refractivity contribution in [3.63, 3.8) is 0 Å². The molecule has 2 fully saturated rings. The molecule has 92 valence electrons. The van der Waals surface area contributed by atoms with Gasteiger partial charge in [0.25, 0.3) is 5.91 Å². The normalized spacial score (nSPS) is 34.6. The maximum absolute atomic E-state index is 12.4. The van der Waals surface area contributed by atoms with Crippen LogP contribution in [0.1, 0.15) is 32.6 Å². The number of ether oxygens (including phenoxy) is 1. The van der Waals surface area contributed by atoms with E-state index in [1.807, 2.05) is 18.9 Å². The number of rotatable bonds is 3. The lowest BCUT2D eigenvalue weighted by atomic mass is 10.0. The van der Waals surface area contributed by atoms with E-state index in [0.717, 1.165) is 45.4 Å². The first-order chi connectivity index (χ1) is 7.67. The molecule has 4 nitrogen and oxygen atoms in total. The number of hydrogen-bond acceptors (Lipinski definition) is 3. The molecule has 2 aliphatic rings. The smallest absolute Gasteiger partial charge is 0.254 e. The number of carbonyl (C=O) groups excluding carboxylic acids is 1. The van der Waals surface area contributed by atoms with Crippen LogP contribution in [-0.4, -0.2) is 49.2 Å². The molecule has 2 saturated heterocycles. The number of likely N-dealkylation sites (N-methyl/N-ethyl adjacent to an activating group) is 1. The molecule has 2 aliphatic heterocycles. The summed E-state index contributed by atoms with van der Waals surface area (Å²) in [6.07, 6.45) is 4.11. The largest absolute Gasteiger partial charge is 0.365 e. The van der Waals surface area contributed by atoms with E-state index >= 15 is 0 Å². The van der Waals surface area contributed by atoms with E-state index in [0.29, 0.717) is 6.04 Å². The van der Waals surface area contributed by atoms with Crippen LogP contribution in [0.25, 0.3) is 0 Å². The number of hydrogen-bond donors (Lipinski definition) is 1. The van der Waals surface area contributed by atoms with Crippen LogP contribution in [0.5, 0.6) is 0 Å². The highest BCUT2D eigenvalue weighted by Gasteiger charge is 2.43. The van der Waals surface area contributed by atoms with Gasteiger partial charge in [0.05, 0.1) is 0 Å². The van der Waals surface area contributed by atoms with Crippen LogP contribution in [0, 0.1) is 0 Å². The SMILES string of the molecule is CNCC1CCCN1C(=O)C1(C)CCCO1. The summed E-state index contributed by atoms with van der Waals surface area (Å²) in [5.74, 6) is 0.197. The highest BCUT2D eigenvalue weighted by Crippen LogP contribution is 2.30. The first-order valence-corrected chi connectivity index (χ1v) is 6.27. The van der Waals surface area contributed by atoms with Crippen molar-refractivity contribution in [2.75, 3.05) is 26.7 Å². The zero-order valence-electron chi connectivity index (χ0n) is 10.3. The molecule has 2 rings (SSSR count). The summed E-state index contributed by atoms with van der Waals surface area (Å²) in [5, 5.41) is 3.16. The Kier molecular flexibility index (Phi) is 3.50. The summed E-state index contributed by atoms with van der Waals surface area (Å²) in [6.45, 7) is 4.45. The van der Waals surface area contributed by atoms with Crippen LogP contribution in [0.4, 0.5) is 0 Å². The zero-order chi connectivity index (χ0) is 11.6. The van der Waals surface area contributed by atoms with E-state index < -0.39 is 5.60 Å². The van der Waals surface area contributed by atoms with Crippen molar-refractivity contribution in [1.82, 2.24) is 10.2 Å². The minimum absolute atomic E-state index is 0.197.